The van der Waals surface area contributed by atoms with E-state index >= 15 is 0 Å². The maximum atomic E-state index is 2.30. The van der Waals surface area contributed by atoms with Crippen molar-refractivity contribution in [2.24, 2.45) is 0 Å². The molecule has 2 rings (SSSR count). The van der Waals surface area contributed by atoms with Gasteiger partial charge in [-0.15, -0.1) is 0 Å². The lowest BCUT2D eigenvalue weighted by Gasteiger charge is -1.98. The van der Waals surface area contributed by atoms with Gasteiger partial charge in [0.05, 0.1) is 0 Å². The number of pyridine rings is 1. The van der Waals surface area contributed by atoms with Crippen LogP contribution in [-0.2, 0) is 6.54 Å². The van der Waals surface area contributed by atoms with Crippen LogP contribution in [-0.4, -0.2) is 0 Å². The smallest absolute Gasteiger partial charge is 0.212 e. The van der Waals surface area contributed by atoms with Crippen LogP contribution in [0.2, 0.25) is 0 Å². The molecule has 0 atom stereocenters. The van der Waals surface area contributed by atoms with Crippen molar-refractivity contribution in [1.82, 2.24) is 0 Å². The minimum atomic E-state index is 0. The largest absolute Gasteiger partial charge is 1.00 e. The molecule has 0 saturated carbocycles. The molecule has 0 saturated heterocycles. The van der Waals surface area contributed by atoms with Crippen LogP contribution in [0.5, 0.6) is 0 Å². The molecular weight excluding hydrogens is 238 g/mol. The van der Waals surface area contributed by atoms with Crippen molar-refractivity contribution in [1.29, 1.82) is 0 Å². The highest BCUT2D eigenvalue weighted by Gasteiger charge is 2.04. The van der Waals surface area contributed by atoms with Crippen LogP contribution in [0.3, 0.4) is 0 Å². The summed E-state index contributed by atoms with van der Waals surface area (Å²) >= 11 is 0. The van der Waals surface area contributed by atoms with E-state index in [4.69, 9.17) is 0 Å². The highest BCUT2D eigenvalue weighted by molar-refractivity contribution is 5.74. The Labute approximate surface area is 95.2 Å². The fourth-order valence-corrected chi connectivity index (χ4v) is 1.66. The molecular formula is C12H14BrN. The van der Waals surface area contributed by atoms with Crippen LogP contribution in [0.1, 0.15) is 13.3 Å². The number of rotatable bonds is 2. The van der Waals surface area contributed by atoms with Crippen molar-refractivity contribution in [2.75, 3.05) is 0 Å². The molecule has 2 aromatic rings. The molecule has 0 fully saturated rings. The normalized spacial score (nSPS) is 9.79. The molecule has 2 heteroatoms. The Morgan fingerprint density at radius 1 is 1.07 bits per heavy atom. The zero-order chi connectivity index (χ0) is 9.10. The summed E-state index contributed by atoms with van der Waals surface area (Å²) in [5.74, 6) is 0. The summed E-state index contributed by atoms with van der Waals surface area (Å²) in [5.41, 5.74) is 1.33. The van der Waals surface area contributed by atoms with Gasteiger partial charge in [0.2, 0.25) is 5.52 Å². The van der Waals surface area contributed by atoms with E-state index < -0.39 is 0 Å². The first-order chi connectivity index (χ1) is 6.42. The number of fused-ring (bicyclic) bond motifs is 1. The van der Waals surface area contributed by atoms with E-state index in [1.165, 1.54) is 17.3 Å². The number of aryl methyl sites for hydroxylation is 1. The van der Waals surface area contributed by atoms with Gasteiger partial charge in [0.1, 0.15) is 6.54 Å². The van der Waals surface area contributed by atoms with E-state index in [2.05, 4.69) is 54.1 Å². The van der Waals surface area contributed by atoms with Gasteiger partial charge in [-0.05, 0) is 12.1 Å². The Kier molecular flexibility index (Phi) is 4.08. The summed E-state index contributed by atoms with van der Waals surface area (Å²) in [6.45, 7) is 3.30. The van der Waals surface area contributed by atoms with E-state index in [0.717, 1.165) is 6.54 Å². The SMILES string of the molecule is CCC[n+]1cccc2ccccc21.[Br-]. The molecule has 0 spiro atoms. The standard InChI is InChI=1S/C12H14N.BrH/c1-2-9-13-10-5-7-11-6-3-4-8-12(11)13;/h3-8,10H,2,9H2,1H3;1H/q+1;/p-1. The molecule has 1 nitrogen and oxygen atoms in total. The summed E-state index contributed by atoms with van der Waals surface area (Å²) in [7, 11) is 0. The van der Waals surface area contributed by atoms with Gasteiger partial charge in [0.15, 0.2) is 6.20 Å². The predicted molar refractivity (Wildman–Crippen MR) is 54.4 cm³/mol. The van der Waals surface area contributed by atoms with Gasteiger partial charge >= 0.3 is 0 Å². The van der Waals surface area contributed by atoms with Crippen LogP contribution < -0.4 is 21.5 Å². The van der Waals surface area contributed by atoms with Crippen molar-refractivity contribution in [2.45, 2.75) is 19.9 Å². The Morgan fingerprint density at radius 2 is 1.79 bits per heavy atom. The van der Waals surface area contributed by atoms with Gasteiger partial charge in [-0.2, -0.15) is 4.57 Å². The molecule has 0 unspecified atom stereocenters. The topological polar surface area (TPSA) is 3.88 Å². The van der Waals surface area contributed by atoms with Crippen molar-refractivity contribution in [3.05, 3.63) is 42.6 Å². The van der Waals surface area contributed by atoms with E-state index in [0.29, 0.717) is 0 Å². The Balaban J connectivity index is 0.000000980. The highest BCUT2D eigenvalue weighted by Crippen LogP contribution is 2.07. The third kappa shape index (κ3) is 2.13. The van der Waals surface area contributed by atoms with E-state index in [1.807, 2.05) is 0 Å². The summed E-state index contributed by atoms with van der Waals surface area (Å²) < 4.78 is 2.30. The minimum absolute atomic E-state index is 0. The van der Waals surface area contributed by atoms with Gasteiger partial charge in [0, 0.05) is 23.9 Å². The predicted octanol–water partition coefficient (Wildman–Crippen LogP) is -0.459. The maximum absolute atomic E-state index is 2.30. The first-order valence-electron chi connectivity index (χ1n) is 4.79. The highest BCUT2D eigenvalue weighted by atomic mass is 79.9. The lowest BCUT2D eigenvalue weighted by molar-refractivity contribution is -0.671. The van der Waals surface area contributed by atoms with Crippen LogP contribution in [0.15, 0.2) is 42.6 Å². The number of hydrogen-bond donors (Lipinski definition) is 0. The van der Waals surface area contributed by atoms with Crippen molar-refractivity contribution in [3.8, 4) is 0 Å². The van der Waals surface area contributed by atoms with E-state index in [-0.39, 0.29) is 17.0 Å². The summed E-state index contributed by atoms with van der Waals surface area (Å²) in [6, 6.07) is 12.8. The number of nitrogens with zero attached hydrogens (tertiary/aromatic N) is 1. The molecule has 0 N–H and O–H groups in total. The average molecular weight is 252 g/mol. The Morgan fingerprint density at radius 3 is 2.57 bits per heavy atom. The van der Waals surface area contributed by atoms with Crippen LogP contribution in [0.25, 0.3) is 10.9 Å². The van der Waals surface area contributed by atoms with Gasteiger partial charge in [0.25, 0.3) is 0 Å². The summed E-state index contributed by atoms with van der Waals surface area (Å²) in [5, 5.41) is 1.32. The van der Waals surface area contributed by atoms with Crippen molar-refractivity contribution >= 4 is 10.9 Å². The molecule has 0 bridgehead atoms. The Hall–Kier alpha value is -0.890. The van der Waals surface area contributed by atoms with Crippen molar-refractivity contribution < 1.29 is 21.5 Å². The monoisotopic (exact) mass is 251 g/mol. The number of para-hydroxylation sites is 1. The molecule has 1 aromatic heterocycles. The lowest BCUT2D eigenvalue weighted by Crippen LogP contribution is -3.00. The second-order valence-electron chi connectivity index (χ2n) is 3.26. The minimum Gasteiger partial charge on any atom is -1.00 e. The molecule has 0 amide bonds. The van der Waals surface area contributed by atoms with Gasteiger partial charge in [-0.1, -0.05) is 19.1 Å². The zero-order valence-corrected chi connectivity index (χ0v) is 9.87. The number of aromatic nitrogens is 1. The third-order valence-corrected chi connectivity index (χ3v) is 2.25. The van der Waals surface area contributed by atoms with Crippen LogP contribution >= 0.6 is 0 Å². The van der Waals surface area contributed by atoms with Gasteiger partial charge in [-0.25, -0.2) is 0 Å². The Bertz CT molecular complexity index is 406. The number of hydrogen-bond acceptors (Lipinski definition) is 0. The average Bonchev–Trinajstić information content (AvgIpc) is 2.19. The molecule has 0 aliphatic carbocycles. The fourth-order valence-electron chi connectivity index (χ4n) is 1.66. The third-order valence-electron chi connectivity index (χ3n) is 2.25. The first kappa shape index (κ1) is 11.2. The van der Waals surface area contributed by atoms with E-state index in [1.54, 1.807) is 0 Å². The number of halogens is 1. The van der Waals surface area contributed by atoms with Gasteiger partial charge in [-0.3, -0.25) is 0 Å². The molecule has 1 heterocycles. The fraction of sp³-hybridized carbons (Fsp3) is 0.250. The summed E-state index contributed by atoms with van der Waals surface area (Å²) in [6.07, 6.45) is 3.32. The van der Waals surface area contributed by atoms with E-state index in [9.17, 15) is 0 Å². The quantitative estimate of drug-likeness (QED) is 0.637. The molecule has 0 aliphatic heterocycles. The van der Waals surface area contributed by atoms with Crippen LogP contribution in [0, 0.1) is 0 Å². The maximum Gasteiger partial charge on any atom is 0.212 e. The molecule has 0 aliphatic rings. The van der Waals surface area contributed by atoms with Crippen molar-refractivity contribution in [3.63, 3.8) is 0 Å². The summed E-state index contributed by atoms with van der Waals surface area (Å²) in [4.78, 5) is 0. The molecule has 1 aromatic carbocycles. The first-order valence-corrected chi connectivity index (χ1v) is 4.79. The molecule has 74 valence electrons. The second kappa shape index (κ2) is 5.11. The number of benzene rings is 1. The van der Waals surface area contributed by atoms with Gasteiger partial charge < -0.3 is 17.0 Å². The molecule has 14 heavy (non-hydrogen) atoms. The second-order valence-corrected chi connectivity index (χ2v) is 3.26. The molecule has 0 radical (unpaired) electrons. The lowest BCUT2D eigenvalue weighted by atomic mass is 10.2. The van der Waals surface area contributed by atoms with Crippen LogP contribution in [0.4, 0.5) is 0 Å². The zero-order valence-electron chi connectivity index (χ0n) is 8.28.